The molecular formula is C17H11N3O3S. The summed E-state index contributed by atoms with van der Waals surface area (Å²) in [6, 6.07) is 10.4. The average molecular weight is 337 g/mol. The van der Waals surface area contributed by atoms with Gasteiger partial charge in [-0.1, -0.05) is 12.1 Å². The lowest BCUT2D eigenvalue weighted by Gasteiger charge is -2.12. The van der Waals surface area contributed by atoms with E-state index in [-0.39, 0.29) is 16.9 Å². The molecule has 4 rings (SSSR count). The number of aromatic nitrogens is 1. The van der Waals surface area contributed by atoms with Gasteiger partial charge in [0.25, 0.3) is 17.4 Å². The molecule has 0 spiro atoms. The summed E-state index contributed by atoms with van der Waals surface area (Å²) in [5, 5.41) is 6.12. The molecule has 1 aliphatic heterocycles. The Morgan fingerprint density at radius 3 is 2.58 bits per heavy atom. The van der Waals surface area contributed by atoms with Crippen LogP contribution in [0.2, 0.25) is 0 Å². The van der Waals surface area contributed by atoms with E-state index in [9.17, 15) is 14.4 Å². The third kappa shape index (κ3) is 2.06. The van der Waals surface area contributed by atoms with Crippen molar-refractivity contribution >= 4 is 29.0 Å². The zero-order valence-electron chi connectivity index (χ0n) is 12.3. The molecule has 1 aromatic carbocycles. The monoisotopic (exact) mass is 337 g/mol. The summed E-state index contributed by atoms with van der Waals surface area (Å²) in [6.07, 6.45) is 0. The van der Waals surface area contributed by atoms with Gasteiger partial charge in [-0.25, -0.2) is 0 Å². The zero-order chi connectivity index (χ0) is 16.8. The molecular weight excluding hydrogens is 326 g/mol. The van der Waals surface area contributed by atoms with Crippen LogP contribution in [0.15, 0.2) is 52.0 Å². The highest BCUT2D eigenvalue weighted by Gasteiger charge is 2.31. The van der Waals surface area contributed by atoms with Crippen LogP contribution in [-0.2, 0) is 0 Å². The summed E-state index contributed by atoms with van der Waals surface area (Å²) in [5.41, 5.74) is 8.14. The Morgan fingerprint density at radius 1 is 1.00 bits per heavy atom. The standard InChI is InChI=1S/C17H11N3O3S/c18-15-14-12(16(22)19-17(14)23)7-13(21)20(15)11-3-1-2-9(6-11)10-4-5-24-8-10/h1-8H,18H2,(H,19,22,23). The molecule has 0 fully saturated rings. The molecule has 7 heteroatoms. The second kappa shape index (κ2) is 5.17. The number of pyridine rings is 1. The molecule has 0 saturated carbocycles. The van der Waals surface area contributed by atoms with Crippen molar-refractivity contribution in [3.63, 3.8) is 0 Å². The largest absolute Gasteiger partial charge is 0.384 e. The predicted molar refractivity (Wildman–Crippen MR) is 91.6 cm³/mol. The van der Waals surface area contributed by atoms with E-state index in [4.69, 9.17) is 5.73 Å². The Morgan fingerprint density at radius 2 is 1.83 bits per heavy atom. The van der Waals surface area contributed by atoms with Crippen molar-refractivity contribution in [3.05, 3.63) is 68.6 Å². The van der Waals surface area contributed by atoms with Crippen molar-refractivity contribution in [1.82, 2.24) is 9.88 Å². The normalized spacial score (nSPS) is 13.0. The van der Waals surface area contributed by atoms with Crippen LogP contribution < -0.4 is 16.6 Å². The first-order chi connectivity index (χ1) is 11.6. The Balaban J connectivity index is 1.94. The van der Waals surface area contributed by atoms with E-state index in [0.29, 0.717) is 5.69 Å². The van der Waals surface area contributed by atoms with Crippen molar-refractivity contribution in [2.75, 3.05) is 5.73 Å². The van der Waals surface area contributed by atoms with E-state index in [1.165, 1.54) is 4.57 Å². The summed E-state index contributed by atoms with van der Waals surface area (Å²) in [4.78, 5) is 36.1. The van der Waals surface area contributed by atoms with Gasteiger partial charge in [-0.2, -0.15) is 11.3 Å². The van der Waals surface area contributed by atoms with Crippen LogP contribution in [0, 0.1) is 0 Å². The lowest BCUT2D eigenvalue weighted by molar-refractivity contribution is 0.0880. The number of hydrogen-bond acceptors (Lipinski definition) is 5. The highest BCUT2D eigenvalue weighted by molar-refractivity contribution is 7.08. The molecule has 24 heavy (non-hydrogen) atoms. The Bertz CT molecular complexity index is 1050. The molecule has 118 valence electrons. The van der Waals surface area contributed by atoms with Crippen molar-refractivity contribution < 1.29 is 9.59 Å². The smallest absolute Gasteiger partial charge is 0.262 e. The maximum Gasteiger partial charge on any atom is 0.262 e. The second-order valence-corrected chi connectivity index (χ2v) is 6.12. The molecule has 3 heterocycles. The van der Waals surface area contributed by atoms with Crippen molar-refractivity contribution in [2.45, 2.75) is 0 Å². The van der Waals surface area contributed by atoms with Gasteiger partial charge in [0.2, 0.25) is 0 Å². The van der Waals surface area contributed by atoms with E-state index in [1.807, 2.05) is 35.0 Å². The molecule has 6 nitrogen and oxygen atoms in total. The number of benzene rings is 1. The van der Waals surface area contributed by atoms with Crippen LogP contribution in [-0.4, -0.2) is 16.4 Å². The van der Waals surface area contributed by atoms with Crippen molar-refractivity contribution in [2.24, 2.45) is 0 Å². The SMILES string of the molecule is Nc1c2c(cc(=O)n1-c1cccc(-c3ccsc3)c1)C(=O)NC2=O. The van der Waals surface area contributed by atoms with Crippen LogP contribution >= 0.6 is 11.3 Å². The summed E-state index contributed by atoms with van der Waals surface area (Å²) in [6.45, 7) is 0. The van der Waals surface area contributed by atoms with Crippen molar-refractivity contribution in [3.8, 4) is 16.8 Å². The fourth-order valence-electron chi connectivity index (χ4n) is 2.80. The minimum Gasteiger partial charge on any atom is -0.384 e. The van der Waals surface area contributed by atoms with E-state index in [0.717, 1.165) is 17.2 Å². The molecule has 3 aromatic rings. The van der Waals surface area contributed by atoms with Gasteiger partial charge in [0, 0.05) is 6.07 Å². The Hall–Kier alpha value is -3.19. The highest BCUT2D eigenvalue weighted by Crippen LogP contribution is 2.27. The number of nitrogens with zero attached hydrogens (tertiary/aromatic N) is 1. The maximum absolute atomic E-state index is 12.4. The van der Waals surface area contributed by atoms with Crippen LogP contribution in [0.25, 0.3) is 16.8 Å². The van der Waals surface area contributed by atoms with Gasteiger partial charge >= 0.3 is 0 Å². The summed E-state index contributed by atoms with van der Waals surface area (Å²) in [5.74, 6) is -1.23. The highest BCUT2D eigenvalue weighted by atomic mass is 32.1. The van der Waals surface area contributed by atoms with Crippen molar-refractivity contribution in [1.29, 1.82) is 0 Å². The minimum atomic E-state index is -0.599. The van der Waals surface area contributed by atoms with E-state index in [1.54, 1.807) is 17.4 Å². The molecule has 2 amide bonds. The number of thiophene rings is 1. The number of carbonyl (C=O) groups excluding carboxylic acids is 2. The summed E-state index contributed by atoms with van der Waals surface area (Å²) < 4.78 is 1.24. The topological polar surface area (TPSA) is 94.2 Å². The fourth-order valence-corrected chi connectivity index (χ4v) is 3.46. The Kier molecular flexibility index (Phi) is 3.10. The molecule has 0 unspecified atom stereocenters. The zero-order valence-corrected chi connectivity index (χ0v) is 13.1. The average Bonchev–Trinajstić information content (AvgIpc) is 3.17. The summed E-state index contributed by atoms with van der Waals surface area (Å²) >= 11 is 1.58. The lowest BCUT2D eigenvalue weighted by atomic mass is 10.1. The second-order valence-electron chi connectivity index (χ2n) is 5.34. The molecule has 0 bridgehead atoms. The number of nitrogen functional groups attached to an aromatic ring is 1. The predicted octanol–water partition coefficient (Wildman–Crippen LogP) is 2.03. The number of carbonyl (C=O) groups is 2. The van der Waals surface area contributed by atoms with E-state index < -0.39 is 17.4 Å². The quantitative estimate of drug-likeness (QED) is 0.700. The molecule has 0 saturated heterocycles. The number of nitrogens with one attached hydrogen (secondary N) is 1. The number of fused-ring (bicyclic) bond motifs is 1. The number of amides is 2. The van der Waals surface area contributed by atoms with Gasteiger partial charge in [0.1, 0.15) is 5.82 Å². The molecule has 0 radical (unpaired) electrons. The maximum atomic E-state index is 12.4. The first-order valence-corrected chi connectivity index (χ1v) is 8.05. The van der Waals surface area contributed by atoms with Gasteiger partial charge in [-0.3, -0.25) is 24.3 Å². The third-order valence-corrected chi connectivity index (χ3v) is 4.60. The van der Waals surface area contributed by atoms with Gasteiger partial charge in [-0.05, 0) is 40.1 Å². The molecule has 2 aromatic heterocycles. The lowest BCUT2D eigenvalue weighted by Crippen LogP contribution is -2.24. The molecule has 3 N–H and O–H groups in total. The summed E-state index contributed by atoms with van der Waals surface area (Å²) in [7, 11) is 0. The number of nitrogens with two attached hydrogens (primary N) is 1. The molecule has 0 aliphatic carbocycles. The van der Waals surface area contributed by atoms with Crippen LogP contribution in [0.1, 0.15) is 20.7 Å². The van der Waals surface area contributed by atoms with Gasteiger partial charge in [0.15, 0.2) is 0 Å². The fraction of sp³-hybridized carbons (Fsp3) is 0. The minimum absolute atomic E-state index is 0.0211. The molecule has 0 atom stereocenters. The van der Waals surface area contributed by atoms with Crippen LogP contribution in [0.3, 0.4) is 0 Å². The number of rotatable bonds is 2. The third-order valence-electron chi connectivity index (χ3n) is 3.91. The first-order valence-electron chi connectivity index (χ1n) is 7.10. The van der Waals surface area contributed by atoms with E-state index in [2.05, 4.69) is 5.32 Å². The van der Waals surface area contributed by atoms with E-state index >= 15 is 0 Å². The van der Waals surface area contributed by atoms with Gasteiger partial charge in [-0.15, -0.1) is 0 Å². The number of hydrogen-bond donors (Lipinski definition) is 2. The molecule has 1 aliphatic rings. The van der Waals surface area contributed by atoms with Crippen LogP contribution in [0.5, 0.6) is 0 Å². The van der Waals surface area contributed by atoms with Crippen LogP contribution in [0.4, 0.5) is 5.82 Å². The van der Waals surface area contributed by atoms with Gasteiger partial charge < -0.3 is 5.73 Å². The van der Waals surface area contributed by atoms with Gasteiger partial charge in [0.05, 0.1) is 16.8 Å². The number of imide groups is 1. The first kappa shape index (κ1) is 14.4. The number of anilines is 1. The Labute approximate surface area is 140 Å².